The Balaban J connectivity index is 2.39. The molecule has 10 nitrogen and oxygen atoms in total. The molecular formula is C16H8N10. The zero-order valence-electron chi connectivity index (χ0n) is 13.5. The molecule has 0 aliphatic carbocycles. The number of rotatable bonds is 2. The fourth-order valence-electron chi connectivity index (χ4n) is 2.51. The van der Waals surface area contributed by atoms with Gasteiger partial charge in [-0.2, -0.15) is 21.0 Å². The third-order valence-corrected chi connectivity index (χ3v) is 3.61. The Morgan fingerprint density at radius 3 is 1.38 bits per heavy atom. The highest BCUT2D eigenvalue weighted by atomic mass is 15.4. The molecule has 1 aliphatic rings. The molecule has 2 aromatic heterocycles. The highest BCUT2D eigenvalue weighted by Crippen LogP contribution is 2.44. The summed E-state index contributed by atoms with van der Waals surface area (Å²) in [7, 11) is 0. The number of aromatic nitrogens is 4. The first-order valence-electron chi connectivity index (χ1n) is 7.27. The number of hydrogen-bond acceptors (Lipinski definition) is 10. The lowest BCUT2D eigenvalue weighted by atomic mass is 10.2. The van der Waals surface area contributed by atoms with E-state index in [2.05, 4.69) is 26.5 Å². The van der Waals surface area contributed by atoms with Gasteiger partial charge in [-0.05, 0) is 6.92 Å². The van der Waals surface area contributed by atoms with E-state index in [1.807, 2.05) is 31.2 Å². The van der Waals surface area contributed by atoms with Gasteiger partial charge in [-0.25, -0.2) is 19.9 Å². The summed E-state index contributed by atoms with van der Waals surface area (Å²) in [4.78, 5) is 19.9. The fourth-order valence-corrected chi connectivity index (χ4v) is 2.51. The molecule has 0 atom stereocenters. The van der Waals surface area contributed by atoms with Crippen molar-refractivity contribution in [2.24, 2.45) is 0 Å². The Bertz CT molecular complexity index is 1020. The molecule has 0 bridgehead atoms. The fraction of sp³-hybridized carbons (Fsp3) is 0.125. The van der Waals surface area contributed by atoms with Gasteiger partial charge < -0.3 is 4.90 Å². The lowest BCUT2D eigenvalue weighted by molar-refractivity contribution is 0.889. The van der Waals surface area contributed by atoms with Crippen LogP contribution in [0.4, 0.5) is 23.3 Å². The van der Waals surface area contributed by atoms with Crippen molar-refractivity contribution in [2.45, 2.75) is 6.92 Å². The summed E-state index contributed by atoms with van der Waals surface area (Å²) in [6, 6.07) is 7.34. The maximum atomic E-state index is 9.22. The summed E-state index contributed by atoms with van der Waals surface area (Å²) in [6.45, 7) is 5.90. The van der Waals surface area contributed by atoms with Gasteiger partial charge >= 0.3 is 0 Å². The third-order valence-electron chi connectivity index (χ3n) is 3.61. The van der Waals surface area contributed by atoms with Gasteiger partial charge in [-0.15, -0.1) is 0 Å². The van der Waals surface area contributed by atoms with Crippen molar-refractivity contribution in [3.63, 3.8) is 0 Å². The van der Waals surface area contributed by atoms with E-state index in [0.717, 1.165) is 0 Å². The molecule has 0 fully saturated rings. The third kappa shape index (κ3) is 2.16. The normalized spacial score (nSPS) is 11.3. The van der Waals surface area contributed by atoms with Gasteiger partial charge in [0.2, 0.25) is 0 Å². The van der Waals surface area contributed by atoms with E-state index < -0.39 is 0 Å². The molecule has 122 valence electrons. The van der Waals surface area contributed by atoms with Crippen LogP contribution in [-0.2, 0) is 0 Å². The first kappa shape index (κ1) is 16.3. The second-order valence-electron chi connectivity index (χ2n) is 4.88. The molecule has 0 aromatic carbocycles. The molecule has 2 aromatic rings. The zero-order chi connectivity index (χ0) is 18.8. The Morgan fingerprint density at radius 1 is 0.769 bits per heavy atom. The largest absolute Gasteiger partial charge is 0.305 e. The molecular weight excluding hydrogens is 332 g/mol. The Kier molecular flexibility index (Phi) is 3.87. The smallest absolute Gasteiger partial charge is 0.183 e. The van der Waals surface area contributed by atoms with Gasteiger partial charge in [-0.3, -0.25) is 4.90 Å². The monoisotopic (exact) mass is 340 g/mol. The van der Waals surface area contributed by atoms with Gasteiger partial charge in [0.1, 0.15) is 24.3 Å². The predicted molar refractivity (Wildman–Crippen MR) is 87.9 cm³/mol. The highest BCUT2D eigenvalue weighted by Gasteiger charge is 2.34. The van der Waals surface area contributed by atoms with Crippen LogP contribution in [0, 0.1) is 45.3 Å². The van der Waals surface area contributed by atoms with Gasteiger partial charge in [0.05, 0.1) is 0 Å². The van der Waals surface area contributed by atoms with Gasteiger partial charge in [0, 0.05) is 12.7 Å². The summed E-state index contributed by atoms with van der Waals surface area (Å²) in [5, 5.41) is 36.9. The van der Waals surface area contributed by atoms with E-state index >= 15 is 0 Å². The molecule has 3 rings (SSSR count). The van der Waals surface area contributed by atoms with Crippen molar-refractivity contribution in [3.8, 4) is 24.3 Å². The van der Waals surface area contributed by atoms with E-state index in [9.17, 15) is 21.0 Å². The minimum absolute atomic E-state index is 0.126. The number of anilines is 4. The highest BCUT2D eigenvalue weighted by molar-refractivity contribution is 5.87. The Morgan fingerprint density at radius 2 is 1.12 bits per heavy atom. The Labute approximate surface area is 148 Å². The van der Waals surface area contributed by atoms with Crippen molar-refractivity contribution < 1.29 is 0 Å². The van der Waals surface area contributed by atoms with Gasteiger partial charge in [0.15, 0.2) is 46.0 Å². The van der Waals surface area contributed by atoms with E-state index in [1.54, 1.807) is 4.90 Å². The number of fused-ring (bicyclic) bond motifs is 2. The van der Waals surface area contributed by atoms with Crippen LogP contribution in [0.2, 0.25) is 0 Å². The van der Waals surface area contributed by atoms with E-state index in [-0.39, 0.29) is 46.0 Å². The summed E-state index contributed by atoms with van der Waals surface area (Å²) in [5.41, 5.74) is -0.530. The Hall–Kier alpha value is -4.54. The zero-order valence-corrected chi connectivity index (χ0v) is 13.5. The van der Waals surface area contributed by atoms with Crippen molar-refractivity contribution >= 4 is 23.3 Å². The molecule has 0 N–H and O–H groups in total. The minimum Gasteiger partial charge on any atom is -0.305 e. The maximum absolute atomic E-state index is 9.22. The topological polar surface area (TPSA) is 153 Å². The number of nitrogens with zero attached hydrogens (tertiary/aromatic N) is 10. The van der Waals surface area contributed by atoms with Crippen molar-refractivity contribution in [1.82, 2.24) is 19.9 Å². The maximum Gasteiger partial charge on any atom is 0.183 e. The molecule has 3 heterocycles. The summed E-state index contributed by atoms with van der Waals surface area (Å²) < 4.78 is 0. The van der Waals surface area contributed by atoms with Crippen LogP contribution < -0.4 is 9.80 Å². The van der Waals surface area contributed by atoms with E-state index in [1.165, 1.54) is 11.1 Å². The lowest BCUT2D eigenvalue weighted by Gasteiger charge is -2.34. The SMILES string of the molecule is C=CN1c2nc(C#N)c(C#N)nc2N(CC)c2nc(C#N)c(C#N)nc21. The molecule has 0 radical (unpaired) electrons. The number of hydrogen-bond donors (Lipinski definition) is 0. The van der Waals surface area contributed by atoms with Gasteiger partial charge in [-0.1, -0.05) is 6.58 Å². The van der Waals surface area contributed by atoms with E-state index in [4.69, 9.17) is 0 Å². The summed E-state index contributed by atoms with van der Waals surface area (Å²) in [5.74, 6) is 1.01. The summed E-state index contributed by atoms with van der Waals surface area (Å²) in [6.07, 6.45) is 1.38. The van der Waals surface area contributed by atoms with Gasteiger partial charge in [0.25, 0.3) is 0 Å². The lowest BCUT2D eigenvalue weighted by Crippen LogP contribution is -2.31. The van der Waals surface area contributed by atoms with Crippen molar-refractivity contribution in [1.29, 1.82) is 21.0 Å². The first-order chi connectivity index (χ1) is 12.6. The van der Waals surface area contributed by atoms with Crippen LogP contribution in [0.5, 0.6) is 0 Å². The van der Waals surface area contributed by atoms with Crippen LogP contribution >= 0.6 is 0 Å². The molecule has 0 saturated carbocycles. The molecule has 0 saturated heterocycles. The molecule has 0 unspecified atom stereocenters. The average Bonchev–Trinajstić information content (AvgIpc) is 2.69. The minimum atomic E-state index is -0.139. The summed E-state index contributed by atoms with van der Waals surface area (Å²) >= 11 is 0. The van der Waals surface area contributed by atoms with Crippen LogP contribution in [0.3, 0.4) is 0 Å². The van der Waals surface area contributed by atoms with Crippen LogP contribution in [0.1, 0.15) is 29.7 Å². The predicted octanol–water partition coefficient (Wildman–Crippen LogP) is 1.51. The second-order valence-corrected chi connectivity index (χ2v) is 4.88. The van der Waals surface area contributed by atoms with Crippen LogP contribution in [0.25, 0.3) is 0 Å². The average molecular weight is 340 g/mol. The first-order valence-corrected chi connectivity index (χ1v) is 7.27. The number of nitriles is 4. The molecule has 1 aliphatic heterocycles. The molecule has 0 amide bonds. The molecule has 26 heavy (non-hydrogen) atoms. The molecule has 0 spiro atoms. The van der Waals surface area contributed by atoms with Crippen molar-refractivity contribution in [3.05, 3.63) is 35.6 Å². The quantitative estimate of drug-likeness (QED) is 0.785. The van der Waals surface area contributed by atoms with E-state index in [0.29, 0.717) is 6.54 Å². The van der Waals surface area contributed by atoms with Crippen molar-refractivity contribution in [2.75, 3.05) is 16.3 Å². The standard InChI is InChI=1S/C16H8N10/c1-3-25-13-15(23-11(7-19)9(5-17)21-13)26(4-2)16-14(25)22-10(6-18)12(8-20)24-16/h3H,1,4H2,2H3. The van der Waals surface area contributed by atoms with Crippen LogP contribution in [0.15, 0.2) is 12.8 Å². The second kappa shape index (κ2) is 6.16. The molecule has 10 heteroatoms. The van der Waals surface area contributed by atoms with Crippen LogP contribution in [-0.4, -0.2) is 26.5 Å².